The van der Waals surface area contributed by atoms with Crippen molar-refractivity contribution in [1.82, 2.24) is 9.97 Å². The first kappa shape index (κ1) is 10.6. The van der Waals surface area contributed by atoms with Crippen LogP contribution in [-0.4, -0.2) is 9.97 Å². The molecule has 1 aromatic carbocycles. The van der Waals surface area contributed by atoms with Crippen LogP contribution in [0.4, 0.5) is 5.69 Å². The van der Waals surface area contributed by atoms with Gasteiger partial charge in [0.25, 0.3) is 0 Å². The van der Waals surface area contributed by atoms with E-state index in [-0.39, 0.29) is 0 Å². The second-order valence-corrected chi connectivity index (χ2v) is 3.80. The largest absolute Gasteiger partial charge is 0.399 e. The summed E-state index contributed by atoms with van der Waals surface area (Å²) < 4.78 is 0. The Bertz CT molecular complexity index is 506. The number of aromatic nitrogens is 2. The average Bonchev–Trinajstić information content (AvgIpc) is 2.28. The van der Waals surface area contributed by atoms with Crippen molar-refractivity contribution in [3.8, 4) is 11.4 Å². The molecule has 0 saturated carbocycles. The van der Waals surface area contributed by atoms with Crippen LogP contribution in [0.1, 0.15) is 18.3 Å². The van der Waals surface area contributed by atoms with Crippen molar-refractivity contribution in [2.24, 2.45) is 0 Å². The predicted octanol–water partition coefficient (Wildman–Crippen LogP) is 2.60. The third-order valence-electron chi connectivity index (χ3n) is 2.41. The van der Waals surface area contributed by atoms with Gasteiger partial charge in [-0.15, -0.1) is 0 Å². The van der Waals surface area contributed by atoms with Crippen LogP contribution in [0.3, 0.4) is 0 Å². The summed E-state index contributed by atoms with van der Waals surface area (Å²) in [4.78, 5) is 8.92. The molecule has 0 amide bonds. The highest BCUT2D eigenvalue weighted by molar-refractivity contribution is 5.61. The SMILES string of the molecule is CCc1cc(C)nc(-c2cccc(N)c2)n1. The van der Waals surface area contributed by atoms with E-state index in [0.29, 0.717) is 0 Å². The van der Waals surface area contributed by atoms with Crippen LogP contribution < -0.4 is 5.73 Å². The summed E-state index contributed by atoms with van der Waals surface area (Å²) in [6.07, 6.45) is 0.915. The minimum absolute atomic E-state index is 0.737. The maximum Gasteiger partial charge on any atom is 0.159 e. The lowest BCUT2D eigenvalue weighted by molar-refractivity contribution is 0.983. The van der Waals surface area contributed by atoms with E-state index in [4.69, 9.17) is 5.73 Å². The van der Waals surface area contributed by atoms with Crippen LogP contribution in [0.5, 0.6) is 0 Å². The highest BCUT2D eigenvalue weighted by Gasteiger charge is 2.04. The molecule has 2 rings (SSSR count). The number of hydrogen-bond acceptors (Lipinski definition) is 3. The highest BCUT2D eigenvalue weighted by Crippen LogP contribution is 2.18. The fourth-order valence-corrected chi connectivity index (χ4v) is 1.62. The van der Waals surface area contributed by atoms with Crippen molar-refractivity contribution in [3.63, 3.8) is 0 Å². The van der Waals surface area contributed by atoms with Crippen molar-refractivity contribution in [2.75, 3.05) is 5.73 Å². The van der Waals surface area contributed by atoms with E-state index in [2.05, 4.69) is 16.9 Å². The Kier molecular flexibility index (Phi) is 2.86. The van der Waals surface area contributed by atoms with Gasteiger partial charge in [-0.05, 0) is 31.5 Å². The van der Waals surface area contributed by atoms with Crippen molar-refractivity contribution in [3.05, 3.63) is 41.7 Å². The van der Waals surface area contributed by atoms with E-state index in [1.807, 2.05) is 37.3 Å². The minimum atomic E-state index is 0.737. The lowest BCUT2D eigenvalue weighted by Gasteiger charge is -2.05. The Hall–Kier alpha value is -1.90. The zero-order valence-electron chi connectivity index (χ0n) is 9.57. The minimum Gasteiger partial charge on any atom is -0.399 e. The van der Waals surface area contributed by atoms with Crippen molar-refractivity contribution >= 4 is 5.69 Å². The fourth-order valence-electron chi connectivity index (χ4n) is 1.62. The molecule has 2 N–H and O–H groups in total. The van der Waals surface area contributed by atoms with Gasteiger partial charge in [-0.1, -0.05) is 19.1 Å². The Morgan fingerprint density at radius 1 is 1.19 bits per heavy atom. The van der Waals surface area contributed by atoms with E-state index in [9.17, 15) is 0 Å². The van der Waals surface area contributed by atoms with E-state index >= 15 is 0 Å². The predicted molar refractivity (Wildman–Crippen MR) is 66.0 cm³/mol. The van der Waals surface area contributed by atoms with E-state index < -0.39 is 0 Å². The number of hydrogen-bond donors (Lipinski definition) is 1. The Morgan fingerprint density at radius 3 is 2.69 bits per heavy atom. The van der Waals surface area contributed by atoms with Crippen LogP contribution in [0.2, 0.25) is 0 Å². The summed E-state index contributed by atoms with van der Waals surface area (Å²) in [5.74, 6) is 0.754. The molecule has 3 nitrogen and oxygen atoms in total. The molecule has 0 aliphatic carbocycles. The Labute approximate surface area is 95.4 Å². The molecule has 0 aliphatic heterocycles. The average molecular weight is 213 g/mol. The molecule has 1 heterocycles. The van der Waals surface area contributed by atoms with E-state index in [1.165, 1.54) is 0 Å². The molecule has 0 unspecified atom stereocenters. The first-order valence-electron chi connectivity index (χ1n) is 5.39. The molecule has 0 spiro atoms. The molecular formula is C13H15N3. The molecule has 2 aromatic rings. The van der Waals surface area contributed by atoms with Crippen LogP contribution >= 0.6 is 0 Å². The van der Waals surface area contributed by atoms with Crippen LogP contribution in [0.15, 0.2) is 30.3 Å². The van der Waals surface area contributed by atoms with Crippen LogP contribution in [0.25, 0.3) is 11.4 Å². The van der Waals surface area contributed by atoms with Gasteiger partial charge in [0.05, 0.1) is 0 Å². The molecular weight excluding hydrogens is 198 g/mol. The molecule has 16 heavy (non-hydrogen) atoms. The summed E-state index contributed by atoms with van der Waals surface area (Å²) in [5, 5.41) is 0. The summed E-state index contributed by atoms with van der Waals surface area (Å²) in [7, 11) is 0. The molecule has 82 valence electrons. The molecule has 0 aliphatic rings. The number of nitrogens with two attached hydrogens (primary N) is 1. The molecule has 0 atom stereocenters. The smallest absolute Gasteiger partial charge is 0.159 e. The quantitative estimate of drug-likeness (QED) is 0.780. The lowest BCUT2D eigenvalue weighted by atomic mass is 10.1. The lowest BCUT2D eigenvalue weighted by Crippen LogP contribution is -1.97. The van der Waals surface area contributed by atoms with Gasteiger partial charge in [-0.3, -0.25) is 0 Å². The summed E-state index contributed by atoms with van der Waals surface area (Å²) in [6.45, 7) is 4.07. The van der Waals surface area contributed by atoms with E-state index in [1.54, 1.807) is 0 Å². The van der Waals surface area contributed by atoms with Crippen molar-refractivity contribution in [2.45, 2.75) is 20.3 Å². The van der Waals surface area contributed by atoms with Gasteiger partial charge in [0.15, 0.2) is 5.82 Å². The van der Waals surface area contributed by atoms with Crippen LogP contribution in [0, 0.1) is 6.92 Å². The second-order valence-electron chi connectivity index (χ2n) is 3.80. The van der Waals surface area contributed by atoms with Crippen molar-refractivity contribution in [1.29, 1.82) is 0 Å². The number of benzene rings is 1. The molecule has 3 heteroatoms. The number of anilines is 1. The van der Waals surface area contributed by atoms with Gasteiger partial charge in [0.1, 0.15) is 0 Å². The molecule has 0 bridgehead atoms. The van der Waals surface area contributed by atoms with Gasteiger partial charge >= 0.3 is 0 Å². The highest BCUT2D eigenvalue weighted by atomic mass is 14.9. The van der Waals surface area contributed by atoms with E-state index in [0.717, 1.165) is 34.9 Å². The van der Waals surface area contributed by atoms with Gasteiger partial charge in [-0.2, -0.15) is 0 Å². The Balaban J connectivity index is 2.51. The van der Waals surface area contributed by atoms with Crippen molar-refractivity contribution < 1.29 is 0 Å². The monoisotopic (exact) mass is 213 g/mol. The Morgan fingerprint density at radius 2 is 2.00 bits per heavy atom. The molecule has 0 fully saturated rings. The van der Waals surface area contributed by atoms with Crippen LogP contribution in [-0.2, 0) is 6.42 Å². The summed E-state index contributed by atoms with van der Waals surface area (Å²) >= 11 is 0. The first-order chi connectivity index (χ1) is 7.69. The topological polar surface area (TPSA) is 51.8 Å². The molecule has 0 saturated heterocycles. The summed E-state index contributed by atoms with van der Waals surface area (Å²) in [6, 6.07) is 9.66. The van der Waals surface area contributed by atoms with Gasteiger partial charge in [0.2, 0.25) is 0 Å². The number of nitrogens with zero attached hydrogens (tertiary/aromatic N) is 2. The maximum absolute atomic E-state index is 5.75. The molecule has 0 radical (unpaired) electrons. The van der Waals surface area contributed by atoms with Gasteiger partial charge in [0, 0.05) is 22.6 Å². The normalized spacial score (nSPS) is 10.4. The van der Waals surface area contributed by atoms with Gasteiger partial charge < -0.3 is 5.73 Å². The second kappa shape index (κ2) is 4.31. The molecule has 1 aromatic heterocycles. The summed E-state index contributed by atoms with van der Waals surface area (Å²) in [5.41, 5.74) is 9.51. The number of aryl methyl sites for hydroxylation is 2. The zero-order valence-corrected chi connectivity index (χ0v) is 9.57. The van der Waals surface area contributed by atoms with Gasteiger partial charge in [-0.25, -0.2) is 9.97 Å². The third-order valence-corrected chi connectivity index (χ3v) is 2.41. The maximum atomic E-state index is 5.75. The zero-order chi connectivity index (χ0) is 11.5. The number of nitrogen functional groups attached to an aromatic ring is 1. The number of rotatable bonds is 2. The first-order valence-corrected chi connectivity index (χ1v) is 5.39. The third kappa shape index (κ3) is 2.19. The standard InChI is InChI=1S/C13H15N3/c1-3-12-7-9(2)15-13(16-12)10-5-4-6-11(14)8-10/h4-8H,3,14H2,1-2H3. The fraction of sp³-hybridized carbons (Fsp3) is 0.231.